The van der Waals surface area contributed by atoms with E-state index >= 15 is 0 Å². The van der Waals surface area contributed by atoms with Crippen molar-refractivity contribution in [3.05, 3.63) is 85.1 Å². The van der Waals surface area contributed by atoms with Crippen molar-refractivity contribution in [1.82, 2.24) is 0 Å². The highest BCUT2D eigenvalue weighted by Crippen LogP contribution is 2.22. The number of hydrogen-bond acceptors (Lipinski definition) is 2. The van der Waals surface area contributed by atoms with Crippen molar-refractivity contribution in [2.75, 3.05) is 12.4 Å². The quantitative estimate of drug-likeness (QED) is 0.595. The van der Waals surface area contributed by atoms with Crippen molar-refractivity contribution in [2.45, 2.75) is 19.8 Å². The third kappa shape index (κ3) is 5.49. The first-order valence-electron chi connectivity index (χ1n) is 7.29. The number of nitrogens with one attached hydrogen (secondary N) is 1. The summed E-state index contributed by atoms with van der Waals surface area (Å²) in [6.07, 6.45) is 5.77. The summed E-state index contributed by atoms with van der Waals surface area (Å²) in [5, 5.41) is 3.23. The van der Waals surface area contributed by atoms with Gasteiger partial charge < -0.3 is 10.1 Å². The van der Waals surface area contributed by atoms with Crippen molar-refractivity contribution in [2.24, 2.45) is 0 Å². The summed E-state index contributed by atoms with van der Waals surface area (Å²) >= 11 is 0. The summed E-state index contributed by atoms with van der Waals surface area (Å²) in [6.45, 7) is 18.2. The lowest BCUT2D eigenvalue weighted by Gasteiger charge is -2.14. The minimum atomic E-state index is 0.737. The van der Waals surface area contributed by atoms with E-state index in [-0.39, 0.29) is 0 Å². The first kappa shape index (κ1) is 17.6. The Bertz CT molecular complexity index is 591. The average Bonchev–Trinajstić information content (AvgIpc) is 2.54. The second kappa shape index (κ2) is 8.73. The molecule has 1 aromatic rings. The standard InChI is InChI=1S/C20H25NO/c1-7-15(2)9-8-10-16(3)17(4)18(5)21-19-11-13-20(22-6)14-12-19/h8-9,11-14,21H,2-5,7,10H2,1,6H3/b9-8-. The van der Waals surface area contributed by atoms with Crippen LogP contribution in [0, 0.1) is 0 Å². The van der Waals surface area contributed by atoms with Crippen molar-refractivity contribution in [3.63, 3.8) is 0 Å². The zero-order valence-corrected chi connectivity index (χ0v) is 13.6. The maximum atomic E-state index is 5.14. The molecule has 0 bridgehead atoms. The number of methoxy groups -OCH3 is 1. The lowest BCUT2D eigenvalue weighted by Crippen LogP contribution is -2.02. The predicted octanol–water partition coefficient (Wildman–Crippen LogP) is 5.65. The smallest absolute Gasteiger partial charge is 0.119 e. The molecule has 0 atom stereocenters. The summed E-state index contributed by atoms with van der Waals surface area (Å²) in [6, 6.07) is 7.66. The van der Waals surface area contributed by atoms with Crippen LogP contribution in [-0.2, 0) is 0 Å². The van der Waals surface area contributed by atoms with Gasteiger partial charge in [-0.15, -0.1) is 0 Å². The second-order valence-corrected chi connectivity index (χ2v) is 5.03. The molecule has 0 amide bonds. The minimum absolute atomic E-state index is 0.737. The van der Waals surface area contributed by atoms with Crippen LogP contribution in [0.4, 0.5) is 5.69 Å². The Morgan fingerprint density at radius 3 is 2.32 bits per heavy atom. The van der Waals surface area contributed by atoms with E-state index < -0.39 is 0 Å². The van der Waals surface area contributed by atoms with Crippen LogP contribution < -0.4 is 10.1 Å². The van der Waals surface area contributed by atoms with Gasteiger partial charge in [0.2, 0.25) is 0 Å². The van der Waals surface area contributed by atoms with Crippen LogP contribution in [0.3, 0.4) is 0 Å². The molecule has 0 aliphatic carbocycles. The molecule has 0 radical (unpaired) electrons. The number of benzene rings is 1. The van der Waals surface area contributed by atoms with Gasteiger partial charge in [-0.2, -0.15) is 0 Å². The number of anilines is 1. The molecule has 22 heavy (non-hydrogen) atoms. The summed E-state index contributed by atoms with van der Waals surface area (Å²) in [5.74, 6) is 0.820. The molecule has 0 saturated carbocycles. The molecule has 2 nitrogen and oxygen atoms in total. The SMILES string of the molecule is C=C(/C=C\CC(=C)C(=C)C(=C)Nc1ccc(OC)cc1)CC. The predicted molar refractivity (Wildman–Crippen MR) is 97.2 cm³/mol. The van der Waals surface area contributed by atoms with Gasteiger partial charge in [0.15, 0.2) is 0 Å². The van der Waals surface area contributed by atoms with Gasteiger partial charge in [0, 0.05) is 11.4 Å². The van der Waals surface area contributed by atoms with Crippen LogP contribution in [0.5, 0.6) is 5.75 Å². The molecule has 1 aromatic carbocycles. The van der Waals surface area contributed by atoms with E-state index in [9.17, 15) is 0 Å². The third-order valence-electron chi connectivity index (χ3n) is 3.35. The van der Waals surface area contributed by atoms with Gasteiger partial charge in [-0.05, 0) is 48.3 Å². The van der Waals surface area contributed by atoms with Gasteiger partial charge in [0.25, 0.3) is 0 Å². The fourth-order valence-corrected chi connectivity index (χ4v) is 1.75. The van der Waals surface area contributed by atoms with Gasteiger partial charge >= 0.3 is 0 Å². The minimum Gasteiger partial charge on any atom is -0.497 e. The zero-order chi connectivity index (χ0) is 16.5. The fourth-order valence-electron chi connectivity index (χ4n) is 1.75. The number of ether oxygens (including phenoxy) is 1. The Labute approximate surface area is 134 Å². The van der Waals surface area contributed by atoms with Gasteiger partial charge in [0.05, 0.1) is 7.11 Å². The topological polar surface area (TPSA) is 21.3 Å². The highest BCUT2D eigenvalue weighted by Gasteiger charge is 2.04. The Balaban J connectivity index is 2.56. The number of rotatable bonds is 9. The molecule has 0 aliphatic heterocycles. The van der Waals surface area contributed by atoms with Gasteiger partial charge in [-0.3, -0.25) is 0 Å². The zero-order valence-electron chi connectivity index (χ0n) is 13.6. The second-order valence-electron chi connectivity index (χ2n) is 5.03. The fraction of sp³-hybridized carbons (Fsp3) is 0.200. The number of hydrogen-bond donors (Lipinski definition) is 1. The van der Waals surface area contributed by atoms with E-state index in [1.165, 1.54) is 0 Å². The molecule has 2 heteroatoms. The molecule has 0 heterocycles. The molecule has 0 aliphatic rings. The van der Waals surface area contributed by atoms with E-state index in [4.69, 9.17) is 4.74 Å². The molecule has 0 saturated heterocycles. The highest BCUT2D eigenvalue weighted by molar-refractivity contribution is 5.57. The first-order chi connectivity index (χ1) is 10.5. The van der Waals surface area contributed by atoms with Crippen molar-refractivity contribution in [3.8, 4) is 5.75 Å². The Morgan fingerprint density at radius 2 is 1.77 bits per heavy atom. The Morgan fingerprint density at radius 1 is 1.14 bits per heavy atom. The van der Waals surface area contributed by atoms with Crippen LogP contribution in [-0.4, -0.2) is 7.11 Å². The third-order valence-corrected chi connectivity index (χ3v) is 3.35. The Hall–Kier alpha value is -2.48. The van der Waals surface area contributed by atoms with E-state index in [0.717, 1.165) is 46.7 Å². The molecular formula is C20H25NO. The molecule has 0 aromatic heterocycles. The molecule has 1 N–H and O–H groups in total. The van der Waals surface area contributed by atoms with Gasteiger partial charge in [-0.1, -0.05) is 51.0 Å². The van der Waals surface area contributed by atoms with E-state index in [1.807, 2.05) is 30.3 Å². The van der Waals surface area contributed by atoms with Crippen LogP contribution in [0.15, 0.2) is 85.1 Å². The lowest BCUT2D eigenvalue weighted by atomic mass is 10.0. The largest absolute Gasteiger partial charge is 0.497 e. The first-order valence-corrected chi connectivity index (χ1v) is 7.29. The Kier molecular flexibility index (Phi) is 6.97. The molecular weight excluding hydrogens is 270 g/mol. The van der Waals surface area contributed by atoms with E-state index in [1.54, 1.807) is 7.11 Å². The highest BCUT2D eigenvalue weighted by atomic mass is 16.5. The van der Waals surface area contributed by atoms with Crippen molar-refractivity contribution in [1.29, 1.82) is 0 Å². The number of allylic oxidation sites excluding steroid dienone is 4. The van der Waals surface area contributed by atoms with Crippen LogP contribution in [0.1, 0.15) is 19.8 Å². The summed E-state index contributed by atoms with van der Waals surface area (Å²) < 4.78 is 5.14. The average molecular weight is 295 g/mol. The van der Waals surface area contributed by atoms with Crippen molar-refractivity contribution >= 4 is 5.69 Å². The molecule has 0 unspecified atom stereocenters. The van der Waals surface area contributed by atoms with Crippen LogP contribution in [0.25, 0.3) is 0 Å². The molecule has 0 fully saturated rings. The maximum Gasteiger partial charge on any atom is 0.119 e. The normalized spacial score (nSPS) is 10.3. The van der Waals surface area contributed by atoms with Gasteiger partial charge in [-0.25, -0.2) is 0 Å². The van der Waals surface area contributed by atoms with E-state index in [0.29, 0.717) is 0 Å². The molecule has 1 rings (SSSR count). The van der Waals surface area contributed by atoms with Crippen molar-refractivity contribution < 1.29 is 4.74 Å². The summed E-state index contributed by atoms with van der Waals surface area (Å²) in [7, 11) is 1.65. The maximum absolute atomic E-state index is 5.14. The monoisotopic (exact) mass is 295 g/mol. The molecule has 116 valence electrons. The molecule has 0 spiro atoms. The van der Waals surface area contributed by atoms with Gasteiger partial charge in [0.1, 0.15) is 5.75 Å². The summed E-state index contributed by atoms with van der Waals surface area (Å²) in [5.41, 5.74) is 4.55. The van der Waals surface area contributed by atoms with Crippen LogP contribution >= 0.6 is 0 Å². The lowest BCUT2D eigenvalue weighted by molar-refractivity contribution is 0.415. The van der Waals surface area contributed by atoms with E-state index in [2.05, 4.69) is 44.6 Å². The summed E-state index contributed by atoms with van der Waals surface area (Å²) in [4.78, 5) is 0. The van der Waals surface area contributed by atoms with Crippen LogP contribution in [0.2, 0.25) is 0 Å².